The van der Waals surface area contributed by atoms with Gasteiger partial charge in [0, 0.05) is 10.6 Å². The molecule has 0 amide bonds. The van der Waals surface area contributed by atoms with Crippen LogP contribution >= 0.6 is 11.6 Å². The number of furan rings is 1. The molecule has 0 bridgehead atoms. The zero-order valence-corrected chi connectivity index (χ0v) is 10.2. The van der Waals surface area contributed by atoms with Gasteiger partial charge in [-0.05, 0) is 31.2 Å². The van der Waals surface area contributed by atoms with Crippen molar-refractivity contribution in [3.8, 4) is 5.75 Å². The van der Waals surface area contributed by atoms with Crippen LogP contribution in [0.5, 0.6) is 5.75 Å². The fourth-order valence-electron chi connectivity index (χ4n) is 1.56. The van der Waals surface area contributed by atoms with Gasteiger partial charge in [-0.15, -0.1) is 0 Å². The van der Waals surface area contributed by atoms with Crippen LogP contribution in [0.15, 0.2) is 47.3 Å². The van der Waals surface area contributed by atoms with E-state index >= 15 is 0 Å². The summed E-state index contributed by atoms with van der Waals surface area (Å²) in [6.45, 7) is 1.92. The third-order valence-electron chi connectivity index (χ3n) is 2.55. The van der Waals surface area contributed by atoms with Crippen LogP contribution in [-0.4, -0.2) is 6.10 Å². The molecule has 3 nitrogen and oxygen atoms in total. The Morgan fingerprint density at radius 1 is 1.35 bits per heavy atom. The summed E-state index contributed by atoms with van der Waals surface area (Å²) in [5, 5.41) is 0.645. The fraction of sp³-hybridized carbons (Fsp3) is 0.231. The smallest absolute Gasteiger partial charge is 0.121 e. The van der Waals surface area contributed by atoms with Crippen LogP contribution in [0.3, 0.4) is 0 Å². The van der Waals surface area contributed by atoms with E-state index in [9.17, 15) is 0 Å². The van der Waals surface area contributed by atoms with Crippen molar-refractivity contribution in [2.75, 3.05) is 0 Å². The average Bonchev–Trinajstić information content (AvgIpc) is 2.81. The van der Waals surface area contributed by atoms with Gasteiger partial charge in [0.15, 0.2) is 0 Å². The molecule has 2 unspecified atom stereocenters. The maximum absolute atomic E-state index is 6.05. The molecule has 90 valence electrons. The molecule has 0 spiro atoms. The minimum atomic E-state index is -0.229. The lowest BCUT2D eigenvalue weighted by atomic mass is 10.1. The predicted octanol–water partition coefficient (Wildman–Crippen LogP) is 3.40. The Hall–Kier alpha value is -1.45. The third kappa shape index (κ3) is 3.02. The second kappa shape index (κ2) is 5.25. The SMILES string of the molecule is CC(Oc1cccc(Cl)c1)C(N)c1ccoc1. The summed E-state index contributed by atoms with van der Waals surface area (Å²) in [6.07, 6.45) is 3.06. The molecule has 17 heavy (non-hydrogen) atoms. The number of hydrogen-bond donors (Lipinski definition) is 1. The van der Waals surface area contributed by atoms with Crippen molar-refractivity contribution in [3.05, 3.63) is 53.4 Å². The first kappa shape index (κ1) is 12.0. The Kier molecular flexibility index (Phi) is 3.71. The van der Waals surface area contributed by atoms with E-state index in [0.717, 1.165) is 5.56 Å². The number of rotatable bonds is 4. The summed E-state index contributed by atoms with van der Waals surface area (Å²) in [7, 11) is 0. The summed E-state index contributed by atoms with van der Waals surface area (Å²) in [6, 6.07) is 8.86. The molecule has 1 aromatic carbocycles. The highest BCUT2D eigenvalue weighted by Crippen LogP contribution is 2.22. The van der Waals surface area contributed by atoms with Gasteiger partial charge in [-0.3, -0.25) is 0 Å². The van der Waals surface area contributed by atoms with Crippen LogP contribution < -0.4 is 10.5 Å². The Bertz CT molecular complexity index is 470. The molecule has 0 fully saturated rings. The molecular formula is C13H14ClNO2. The van der Waals surface area contributed by atoms with E-state index in [2.05, 4.69) is 0 Å². The largest absolute Gasteiger partial charge is 0.489 e. The zero-order chi connectivity index (χ0) is 12.3. The van der Waals surface area contributed by atoms with E-state index in [-0.39, 0.29) is 12.1 Å². The van der Waals surface area contributed by atoms with Crippen molar-refractivity contribution >= 4 is 11.6 Å². The summed E-state index contributed by atoms with van der Waals surface area (Å²) >= 11 is 5.88. The van der Waals surface area contributed by atoms with Gasteiger partial charge in [0.05, 0.1) is 18.6 Å². The summed E-state index contributed by atoms with van der Waals surface area (Å²) in [5.74, 6) is 0.712. The second-order valence-corrected chi connectivity index (χ2v) is 4.30. The molecule has 0 saturated heterocycles. The van der Waals surface area contributed by atoms with Crippen molar-refractivity contribution in [1.29, 1.82) is 0 Å². The molecular weight excluding hydrogens is 238 g/mol. The normalized spacial score (nSPS) is 14.3. The molecule has 2 atom stereocenters. The highest BCUT2D eigenvalue weighted by atomic mass is 35.5. The predicted molar refractivity (Wildman–Crippen MR) is 67.2 cm³/mol. The van der Waals surface area contributed by atoms with Crippen LogP contribution in [0.25, 0.3) is 0 Å². The van der Waals surface area contributed by atoms with Crippen LogP contribution in [0, 0.1) is 0 Å². The van der Waals surface area contributed by atoms with Crippen molar-refractivity contribution in [3.63, 3.8) is 0 Å². The van der Waals surface area contributed by atoms with Crippen LogP contribution in [0.1, 0.15) is 18.5 Å². The maximum Gasteiger partial charge on any atom is 0.121 e. The molecule has 2 aromatic rings. The maximum atomic E-state index is 6.05. The zero-order valence-electron chi connectivity index (χ0n) is 9.47. The lowest BCUT2D eigenvalue weighted by Gasteiger charge is -2.20. The molecule has 0 radical (unpaired) electrons. The number of ether oxygens (including phenoxy) is 1. The Balaban J connectivity index is 2.04. The van der Waals surface area contributed by atoms with Gasteiger partial charge in [-0.25, -0.2) is 0 Å². The minimum Gasteiger partial charge on any atom is -0.489 e. The quantitative estimate of drug-likeness (QED) is 0.906. The average molecular weight is 252 g/mol. The van der Waals surface area contributed by atoms with Crippen molar-refractivity contribution in [2.45, 2.75) is 19.1 Å². The molecule has 0 aliphatic rings. The number of benzene rings is 1. The number of nitrogens with two attached hydrogens (primary N) is 1. The fourth-order valence-corrected chi connectivity index (χ4v) is 1.74. The number of halogens is 1. The van der Waals surface area contributed by atoms with E-state index in [1.165, 1.54) is 0 Å². The summed E-state index contributed by atoms with van der Waals surface area (Å²) in [4.78, 5) is 0. The third-order valence-corrected chi connectivity index (χ3v) is 2.79. The number of hydrogen-bond acceptors (Lipinski definition) is 3. The van der Waals surface area contributed by atoms with E-state index in [0.29, 0.717) is 10.8 Å². The molecule has 4 heteroatoms. The van der Waals surface area contributed by atoms with Gasteiger partial charge >= 0.3 is 0 Å². The molecule has 0 aliphatic heterocycles. The van der Waals surface area contributed by atoms with Crippen LogP contribution in [0.4, 0.5) is 0 Å². The van der Waals surface area contributed by atoms with E-state index in [4.69, 9.17) is 26.5 Å². The molecule has 2 N–H and O–H groups in total. The summed E-state index contributed by atoms with van der Waals surface area (Å²) < 4.78 is 10.7. The van der Waals surface area contributed by atoms with E-state index < -0.39 is 0 Å². The van der Waals surface area contributed by atoms with Gasteiger partial charge in [0.1, 0.15) is 11.9 Å². The van der Waals surface area contributed by atoms with Gasteiger partial charge in [0.2, 0.25) is 0 Å². The first-order chi connectivity index (χ1) is 8.16. The molecule has 2 rings (SSSR count). The molecule has 1 aromatic heterocycles. The Morgan fingerprint density at radius 3 is 2.82 bits per heavy atom. The molecule has 1 heterocycles. The first-order valence-corrected chi connectivity index (χ1v) is 5.74. The van der Waals surface area contributed by atoms with Gasteiger partial charge in [-0.2, -0.15) is 0 Å². The van der Waals surface area contributed by atoms with Crippen molar-refractivity contribution in [1.82, 2.24) is 0 Å². The van der Waals surface area contributed by atoms with Crippen molar-refractivity contribution < 1.29 is 9.15 Å². The monoisotopic (exact) mass is 251 g/mol. The van der Waals surface area contributed by atoms with E-state index in [1.807, 2.05) is 25.1 Å². The Labute approximate surface area is 105 Å². The lowest BCUT2D eigenvalue weighted by Crippen LogP contribution is -2.28. The lowest BCUT2D eigenvalue weighted by molar-refractivity contribution is 0.190. The van der Waals surface area contributed by atoms with Crippen molar-refractivity contribution in [2.24, 2.45) is 5.73 Å². The Morgan fingerprint density at radius 2 is 2.18 bits per heavy atom. The topological polar surface area (TPSA) is 48.4 Å². The standard InChI is InChI=1S/C13H14ClNO2/c1-9(13(15)10-5-6-16-8-10)17-12-4-2-3-11(14)7-12/h2-9,13H,15H2,1H3. The van der Waals surface area contributed by atoms with Crippen LogP contribution in [0.2, 0.25) is 5.02 Å². The highest BCUT2D eigenvalue weighted by Gasteiger charge is 2.17. The van der Waals surface area contributed by atoms with Gasteiger partial charge in [-0.1, -0.05) is 17.7 Å². The highest BCUT2D eigenvalue weighted by molar-refractivity contribution is 6.30. The minimum absolute atomic E-state index is 0.161. The first-order valence-electron chi connectivity index (χ1n) is 5.36. The van der Waals surface area contributed by atoms with Gasteiger partial charge < -0.3 is 14.9 Å². The van der Waals surface area contributed by atoms with E-state index in [1.54, 1.807) is 24.7 Å². The van der Waals surface area contributed by atoms with Crippen LogP contribution in [-0.2, 0) is 0 Å². The summed E-state index contributed by atoms with van der Waals surface area (Å²) in [5.41, 5.74) is 6.97. The molecule has 0 saturated carbocycles. The van der Waals surface area contributed by atoms with Gasteiger partial charge in [0.25, 0.3) is 0 Å². The second-order valence-electron chi connectivity index (χ2n) is 3.86. The molecule has 0 aliphatic carbocycles.